The summed E-state index contributed by atoms with van der Waals surface area (Å²) in [6.07, 6.45) is 0. The highest BCUT2D eigenvalue weighted by Gasteiger charge is 2.13. The Morgan fingerprint density at radius 1 is 1.62 bits per heavy atom. The summed E-state index contributed by atoms with van der Waals surface area (Å²) in [7, 11) is 0. The molecule has 70 valence electrons. The van der Waals surface area contributed by atoms with E-state index in [2.05, 4.69) is 20.8 Å². The Bertz CT molecular complexity index is 330. The molecule has 13 heavy (non-hydrogen) atoms. The van der Waals surface area contributed by atoms with Gasteiger partial charge in [0.2, 0.25) is 0 Å². The molecule has 0 saturated heterocycles. The van der Waals surface area contributed by atoms with Crippen molar-refractivity contribution in [2.75, 3.05) is 0 Å². The molecule has 0 aliphatic carbocycles. The zero-order chi connectivity index (χ0) is 9.84. The fourth-order valence-corrected chi connectivity index (χ4v) is 1.27. The predicted octanol–water partition coefficient (Wildman–Crippen LogP) is 1.75. The molecule has 1 rings (SSSR count). The van der Waals surface area contributed by atoms with Crippen molar-refractivity contribution in [3.8, 4) is 0 Å². The Hall–Kier alpha value is -0.980. The highest BCUT2D eigenvalue weighted by Crippen LogP contribution is 2.23. The minimum Gasteiger partial charge on any atom is -0.300 e. The lowest BCUT2D eigenvalue weighted by Gasteiger charge is -2.00. The molecule has 0 aromatic heterocycles. The van der Waals surface area contributed by atoms with Crippen LogP contribution in [-0.4, -0.2) is 4.92 Å². The first-order valence-corrected chi connectivity index (χ1v) is 4.19. The summed E-state index contributed by atoms with van der Waals surface area (Å²) in [4.78, 5) is 14.4. The van der Waals surface area contributed by atoms with Crippen LogP contribution in [0.5, 0.6) is 0 Å². The molecular formula is C7H7BrN2O3. The van der Waals surface area contributed by atoms with E-state index in [1.54, 1.807) is 12.1 Å². The van der Waals surface area contributed by atoms with Crippen molar-refractivity contribution in [1.29, 1.82) is 0 Å². The topological polar surface area (TPSA) is 78.4 Å². The van der Waals surface area contributed by atoms with E-state index in [0.717, 1.165) is 0 Å². The van der Waals surface area contributed by atoms with Crippen LogP contribution in [0.25, 0.3) is 0 Å². The van der Waals surface area contributed by atoms with E-state index in [9.17, 15) is 10.1 Å². The normalized spacial score (nSPS) is 10.0. The Morgan fingerprint density at radius 3 is 2.85 bits per heavy atom. The van der Waals surface area contributed by atoms with Gasteiger partial charge >= 0.3 is 0 Å². The van der Waals surface area contributed by atoms with Crippen molar-refractivity contribution in [1.82, 2.24) is 0 Å². The highest BCUT2D eigenvalue weighted by atomic mass is 79.9. The van der Waals surface area contributed by atoms with Gasteiger partial charge in [0, 0.05) is 10.5 Å². The fourth-order valence-electron chi connectivity index (χ4n) is 0.919. The van der Waals surface area contributed by atoms with Crippen molar-refractivity contribution in [2.24, 2.45) is 5.90 Å². The lowest BCUT2D eigenvalue weighted by molar-refractivity contribution is -0.386. The molecule has 0 radical (unpaired) electrons. The number of nitro benzene ring substituents is 1. The lowest BCUT2D eigenvalue weighted by atomic mass is 10.2. The van der Waals surface area contributed by atoms with Crippen molar-refractivity contribution in [2.45, 2.75) is 6.61 Å². The number of halogens is 1. The second-order valence-electron chi connectivity index (χ2n) is 2.34. The minimum absolute atomic E-state index is 0.000162. The van der Waals surface area contributed by atoms with Crippen LogP contribution >= 0.6 is 15.9 Å². The minimum atomic E-state index is -0.473. The van der Waals surface area contributed by atoms with Crippen LogP contribution in [0.4, 0.5) is 5.69 Å². The number of hydrogen-bond acceptors (Lipinski definition) is 4. The third-order valence-corrected chi connectivity index (χ3v) is 1.98. The Balaban J connectivity index is 3.10. The SMILES string of the molecule is NOCc1ccc(Br)cc1[N+](=O)[O-]. The lowest BCUT2D eigenvalue weighted by Crippen LogP contribution is -2.02. The second-order valence-corrected chi connectivity index (χ2v) is 3.26. The zero-order valence-electron chi connectivity index (χ0n) is 6.57. The molecule has 0 spiro atoms. The Kier molecular flexibility index (Phi) is 3.35. The summed E-state index contributed by atoms with van der Waals surface area (Å²) in [5.41, 5.74) is 0.454. The number of rotatable bonds is 3. The van der Waals surface area contributed by atoms with Crippen LogP contribution in [0.3, 0.4) is 0 Å². The van der Waals surface area contributed by atoms with Crippen molar-refractivity contribution in [3.63, 3.8) is 0 Å². The number of nitro groups is 1. The molecule has 6 heteroatoms. The third kappa shape index (κ3) is 2.48. The van der Waals surface area contributed by atoms with Gasteiger partial charge in [0.05, 0.1) is 17.1 Å². The summed E-state index contributed by atoms with van der Waals surface area (Å²) in [6.45, 7) is 0.0313. The summed E-state index contributed by atoms with van der Waals surface area (Å²) >= 11 is 3.14. The quantitative estimate of drug-likeness (QED) is 0.651. The van der Waals surface area contributed by atoms with Gasteiger partial charge in [0.1, 0.15) is 0 Å². The maximum absolute atomic E-state index is 10.5. The van der Waals surface area contributed by atoms with E-state index in [4.69, 9.17) is 5.90 Å². The Morgan fingerprint density at radius 2 is 2.31 bits per heavy atom. The molecule has 0 amide bonds. The average Bonchev–Trinajstić information content (AvgIpc) is 2.08. The molecule has 2 N–H and O–H groups in total. The average molecular weight is 247 g/mol. The van der Waals surface area contributed by atoms with Gasteiger partial charge in [-0.2, -0.15) is 0 Å². The monoisotopic (exact) mass is 246 g/mol. The zero-order valence-corrected chi connectivity index (χ0v) is 8.15. The van der Waals surface area contributed by atoms with Gasteiger partial charge in [-0.25, -0.2) is 5.90 Å². The van der Waals surface area contributed by atoms with Crippen LogP contribution < -0.4 is 5.90 Å². The van der Waals surface area contributed by atoms with Crippen LogP contribution in [-0.2, 0) is 11.4 Å². The van der Waals surface area contributed by atoms with Gasteiger partial charge in [0.15, 0.2) is 0 Å². The molecule has 0 heterocycles. The molecule has 0 saturated carbocycles. The molecular weight excluding hydrogens is 240 g/mol. The molecule has 0 bridgehead atoms. The molecule has 0 aliphatic heterocycles. The van der Waals surface area contributed by atoms with Crippen LogP contribution in [0.2, 0.25) is 0 Å². The number of benzene rings is 1. The van der Waals surface area contributed by atoms with E-state index in [1.807, 2.05) is 0 Å². The van der Waals surface area contributed by atoms with Crippen LogP contribution in [0.15, 0.2) is 22.7 Å². The van der Waals surface area contributed by atoms with Crippen molar-refractivity contribution in [3.05, 3.63) is 38.3 Å². The number of nitrogens with two attached hydrogens (primary N) is 1. The largest absolute Gasteiger partial charge is 0.300 e. The first-order valence-electron chi connectivity index (χ1n) is 3.39. The summed E-state index contributed by atoms with van der Waals surface area (Å²) in [6, 6.07) is 4.70. The van der Waals surface area contributed by atoms with Gasteiger partial charge in [-0.1, -0.05) is 15.9 Å². The third-order valence-electron chi connectivity index (χ3n) is 1.48. The molecule has 1 aromatic carbocycles. The number of nitrogens with zero attached hydrogens (tertiary/aromatic N) is 1. The smallest absolute Gasteiger partial charge is 0.276 e. The summed E-state index contributed by atoms with van der Waals surface area (Å²) in [5, 5.41) is 10.5. The molecule has 0 aliphatic rings. The first kappa shape index (κ1) is 10.1. The second kappa shape index (κ2) is 4.31. The van der Waals surface area contributed by atoms with Gasteiger partial charge in [0.25, 0.3) is 5.69 Å². The predicted molar refractivity (Wildman–Crippen MR) is 49.8 cm³/mol. The fraction of sp³-hybridized carbons (Fsp3) is 0.143. The maximum Gasteiger partial charge on any atom is 0.276 e. The molecule has 5 nitrogen and oxygen atoms in total. The van der Waals surface area contributed by atoms with E-state index in [-0.39, 0.29) is 12.3 Å². The van der Waals surface area contributed by atoms with E-state index >= 15 is 0 Å². The van der Waals surface area contributed by atoms with Gasteiger partial charge in [-0.05, 0) is 12.1 Å². The molecule has 0 fully saturated rings. The van der Waals surface area contributed by atoms with Crippen LogP contribution in [0.1, 0.15) is 5.56 Å². The molecule has 0 atom stereocenters. The van der Waals surface area contributed by atoms with Gasteiger partial charge < -0.3 is 0 Å². The van der Waals surface area contributed by atoms with Crippen molar-refractivity contribution >= 4 is 21.6 Å². The van der Waals surface area contributed by atoms with Crippen LogP contribution in [0, 0.1) is 10.1 Å². The maximum atomic E-state index is 10.5. The first-order chi connectivity index (χ1) is 6.15. The molecule has 0 unspecified atom stereocenters. The number of hydrogen-bond donors (Lipinski definition) is 1. The summed E-state index contributed by atoms with van der Waals surface area (Å²) in [5.74, 6) is 4.83. The van der Waals surface area contributed by atoms with E-state index < -0.39 is 4.92 Å². The standard InChI is InChI=1S/C7H7BrN2O3/c8-6-2-1-5(4-13-9)7(3-6)10(11)12/h1-3H,4,9H2. The highest BCUT2D eigenvalue weighted by molar-refractivity contribution is 9.10. The molecule has 1 aromatic rings. The van der Waals surface area contributed by atoms with E-state index in [1.165, 1.54) is 6.07 Å². The van der Waals surface area contributed by atoms with E-state index in [0.29, 0.717) is 10.0 Å². The summed E-state index contributed by atoms with van der Waals surface area (Å²) < 4.78 is 0.653. The Labute approximate surface area is 82.7 Å². The van der Waals surface area contributed by atoms with Gasteiger partial charge in [-0.15, -0.1) is 0 Å². The van der Waals surface area contributed by atoms with Gasteiger partial charge in [-0.3, -0.25) is 15.0 Å². The van der Waals surface area contributed by atoms with Crippen molar-refractivity contribution < 1.29 is 9.76 Å².